The average molecular weight is 230 g/mol. The number of nitrogens with one attached hydrogen (secondary N) is 1. The minimum atomic E-state index is -0.675. The van der Waals surface area contributed by atoms with Gasteiger partial charge in [0.25, 0.3) is 0 Å². The van der Waals surface area contributed by atoms with Gasteiger partial charge in [-0.2, -0.15) is 0 Å². The molecule has 0 aromatic rings. The lowest BCUT2D eigenvalue weighted by Gasteiger charge is -2.14. The van der Waals surface area contributed by atoms with Crippen LogP contribution in [0.5, 0.6) is 0 Å². The lowest BCUT2D eigenvalue weighted by molar-refractivity contribution is -0.141. The predicted octanol–water partition coefficient (Wildman–Crippen LogP) is -0.382. The van der Waals surface area contributed by atoms with Gasteiger partial charge in [-0.05, 0) is 21.0 Å². The third-order valence-electron chi connectivity index (χ3n) is 1.87. The molecular formula is C11H22N2O3. The van der Waals surface area contributed by atoms with Crippen LogP contribution in [0.15, 0.2) is 12.2 Å². The number of carbonyl (C=O) groups is 1. The third kappa shape index (κ3) is 8.40. The summed E-state index contributed by atoms with van der Waals surface area (Å²) in [6, 6.07) is 0. The molecule has 5 heteroatoms. The molecule has 0 aliphatic heterocycles. The summed E-state index contributed by atoms with van der Waals surface area (Å²) in [7, 11) is 3.96. The molecule has 16 heavy (non-hydrogen) atoms. The highest BCUT2D eigenvalue weighted by Gasteiger charge is 2.08. The quantitative estimate of drug-likeness (QED) is 0.338. The number of nitrogens with zero attached hydrogens (tertiary/aromatic N) is 1. The van der Waals surface area contributed by atoms with Crippen molar-refractivity contribution in [3.05, 3.63) is 12.2 Å². The molecule has 0 bridgehead atoms. The molecule has 0 radical (unpaired) electrons. The smallest absolute Gasteiger partial charge is 0.333 e. The van der Waals surface area contributed by atoms with Crippen LogP contribution in [0.4, 0.5) is 0 Å². The maximum Gasteiger partial charge on any atom is 0.333 e. The minimum absolute atomic E-state index is 0.000652. The zero-order valence-corrected chi connectivity index (χ0v) is 10.3. The zero-order chi connectivity index (χ0) is 12.6. The van der Waals surface area contributed by atoms with Gasteiger partial charge in [0.2, 0.25) is 0 Å². The normalized spacial score (nSPS) is 12.6. The van der Waals surface area contributed by atoms with Crippen LogP contribution >= 0.6 is 0 Å². The van der Waals surface area contributed by atoms with Gasteiger partial charge in [-0.15, -0.1) is 0 Å². The SMILES string of the molecule is C=C(C)C(=O)OCC(O)CNCCN(C)C. The molecule has 0 aliphatic rings. The summed E-state index contributed by atoms with van der Waals surface area (Å²) >= 11 is 0. The molecule has 0 spiro atoms. The molecule has 1 atom stereocenters. The maximum atomic E-state index is 11.0. The minimum Gasteiger partial charge on any atom is -0.460 e. The number of aliphatic hydroxyl groups is 1. The van der Waals surface area contributed by atoms with Gasteiger partial charge < -0.3 is 20.1 Å². The molecule has 0 aliphatic carbocycles. The fraction of sp³-hybridized carbons (Fsp3) is 0.727. The molecule has 0 saturated carbocycles. The monoisotopic (exact) mass is 230 g/mol. The molecule has 94 valence electrons. The van der Waals surface area contributed by atoms with E-state index in [0.717, 1.165) is 13.1 Å². The van der Waals surface area contributed by atoms with E-state index in [0.29, 0.717) is 12.1 Å². The molecule has 1 unspecified atom stereocenters. The van der Waals surface area contributed by atoms with Gasteiger partial charge in [0.05, 0.1) is 0 Å². The number of ether oxygens (including phenoxy) is 1. The predicted molar refractivity (Wildman–Crippen MR) is 63.2 cm³/mol. The molecule has 5 nitrogen and oxygen atoms in total. The summed E-state index contributed by atoms with van der Waals surface area (Å²) in [6.07, 6.45) is -0.675. The second kappa shape index (κ2) is 8.27. The van der Waals surface area contributed by atoms with Crippen molar-refractivity contribution in [2.75, 3.05) is 40.3 Å². The van der Waals surface area contributed by atoms with Gasteiger partial charge >= 0.3 is 5.97 Å². The summed E-state index contributed by atoms with van der Waals surface area (Å²) in [6.45, 7) is 7.13. The Kier molecular flexibility index (Phi) is 7.80. The summed E-state index contributed by atoms with van der Waals surface area (Å²) in [5.41, 5.74) is 0.341. The molecule has 0 aromatic heterocycles. The largest absolute Gasteiger partial charge is 0.460 e. The molecule has 2 N–H and O–H groups in total. The first kappa shape index (κ1) is 15.1. The Hall–Kier alpha value is -0.910. The van der Waals surface area contributed by atoms with Gasteiger partial charge in [-0.3, -0.25) is 0 Å². The molecule has 0 saturated heterocycles. The van der Waals surface area contributed by atoms with Crippen molar-refractivity contribution in [3.63, 3.8) is 0 Å². The van der Waals surface area contributed by atoms with Gasteiger partial charge in [0.1, 0.15) is 12.7 Å². The van der Waals surface area contributed by atoms with Crippen molar-refractivity contribution < 1.29 is 14.6 Å². The number of carbonyl (C=O) groups excluding carboxylic acids is 1. The van der Waals surface area contributed by atoms with Gasteiger partial charge in [0, 0.05) is 25.2 Å². The molecule has 0 rings (SSSR count). The molecule has 0 fully saturated rings. The highest BCUT2D eigenvalue weighted by Crippen LogP contribution is 1.93. The van der Waals surface area contributed by atoms with Crippen LogP contribution < -0.4 is 5.32 Å². The van der Waals surface area contributed by atoms with Gasteiger partial charge in [-0.25, -0.2) is 4.79 Å². The van der Waals surface area contributed by atoms with Crippen molar-refractivity contribution in [2.24, 2.45) is 0 Å². The van der Waals surface area contributed by atoms with Crippen molar-refractivity contribution in [3.8, 4) is 0 Å². The Morgan fingerprint density at radius 1 is 1.56 bits per heavy atom. The maximum absolute atomic E-state index is 11.0. The average Bonchev–Trinajstić information content (AvgIpc) is 2.20. The van der Waals surface area contributed by atoms with Gasteiger partial charge in [0.15, 0.2) is 0 Å². The Morgan fingerprint density at radius 3 is 2.69 bits per heavy atom. The van der Waals surface area contributed by atoms with E-state index < -0.39 is 12.1 Å². The lowest BCUT2D eigenvalue weighted by atomic mass is 10.3. The first-order valence-electron chi connectivity index (χ1n) is 5.29. The van der Waals surface area contributed by atoms with E-state index in [2.05, 4.69) is 11.9 Å². The van der Waals surface area contributed by atoms with Crippen LogP contribution in [0, 0.1) is 0 Å². The van der Waals surface area contributed by atoms with E-state index in [9.17, 15) is 9.90 Å². The topological polar surface area (TPSA) is 61.8 Å². The summed E-state index contributed by atoms with van der Waals surface area (Å²) in [4.78, 5) is 13.0. The lowest BCUT2D eigenvalue weighted by Crippen LogP contribution is -2.35. The molecular weight excluding hydrogens is 208 g/mol. The van der Waals surface area contributed by atoms with Crippen LogP contribution in [0.1, 0.15) is 6.92 Å². The van der Waals surface area contributed by atoms with Crippen LogP contribution in [-0.4, -0.2) is 62.4 Å². The second-order valence-corrected chi connectivity index (χ2v) is 4.04. The van der Waals surface area contributed by atoms with Crippen LogP contribution in [0.25, 0.3) is 0 Å². The Morgan fingerprint density at radius 2 is 2.19 bits per heavy atom. The summed E-state index contributed by atoms with van der Waals surface area (Å²) in [5.74, 6) is -0.465. The number of esters is 1. The highest BCUT2D eigenvalue weighted by molar-refractivity contribution is 5.86. The highest BCUT2D eigenvalue weighted by atomic mass is 16.5. The number of hydrogen-bond donors (Lipinski definition) is 2. The molecule has 0 aromatic carbocycles. The number of rotatable bonds is 8. The van der Waals surface area contributed by atoms with E-state index in [4.69, 9.17) is 4.74 Å². The summed E-state index contributed by atoms with van der Waals surface area (Å²) in [5, 5.41) is 12.5. The Labute approximate surface area is 97.1 Å². The summed E-state index contributed by atoms with van der Waals surface area (Å²) < 4.78 is 4.80. The van der Waals surface area contributed by atoms with Crippen molar-refractivity contribution in [2.45, 2.75) is 13.0 Å². The van der Waals surface area contributed by atoms with Gasteiger partial charge in [-0.1, -0.05) is 6.58 Å². The number of likely N-dealkylation sites (N-methyl/N-ethyl adjacent to an activating group) is 1. The number of aliphatic hydroxyl groups excluding tert-OH is 1. The first-order chi connectivity index (χ1) is 7.43. The van der Waals surface area contributed by atoms with Crippen LogP contribution in [0.2, 0.25) is 0 Å². The molecule has 0 amide bonds. The van der Waals surface area contributed by atoms with E-state index >= 15 is 0 Å². The third-order valence-corrected chi connectivity index (χ3v) is 1.87. The van der Waals surface area contributed by atoms with E-state index in [-0.39, 0.29) is 6.61 Å². The van der Waals surface area contributed by atoms with E-state index in [1.165, 1.54) is 0 Å². The van der Waals surface area contributed by atoms with E-state index in [1.807, 2.05) is 19.0 Å². The van der Waals surface area contributed by atoms with Crippen LogP contribution in [0.3, 0.4) is 0 Å². The van der Waals surface area contributed by atoms with Crippen molar-refractivity contribution in [1.82, 2.24) is 10.2 Å². The zero-order valence-electron chi connectivity index (χ0n) is 10.3. The fourth-order valence-corrected chi connectivity index (χ4v) is 0.925. The fourth-order valence-electron chi connectivity index (χ4n) is 0.925. The van der Waals surface area contributed by atoms with Crippen molar-refractivity contribution in [1.29, 1.82) is 0 Å². The Balaban J connectivity index is 3.48. The second-order valence-electron chi connectivity index (χ2n) is 4.04. The van der Waals surface area contributed by atoms with Crippen molar-refractivity contribution >= 4 is 5.97 Å². The Bertz CT molecular complexity index is 229. The first-order valence-corrected chi connectivity index (χ1v) is 5.29. The standard InChI is InChI=1S/C11H22N2O3/c1-9(2)11(15)16-8-10(14)7-12-5-6-13(3)4/h10,12,14H,1,5-8H2,2-4H3. The van der Waals surface area contributed by atoms with Crippen LogP contribution in [-0.2, 0) is 9.53 Å². The molecule has 0 heterocycles. The number of hydrogen-bond acceptors (Lipinski definition) is 5. The van der Waals surface area contributed by atoms with E-state index in [1.54, 1.807) is 6.92 Å².